The van der Waals surface area contributed by atoms with Crippen LogP contribution in [-0.4, -0.2) is 33.8 Å². The zero-order chi connectivity index (χ0) is 15.8. The Hall–Kier alpha value is -0.860. The van der Waals surface area contributed by atoms with Crippen LogP contribution < -0.4 is 10.6 Å². The molecule has 2 unspecified atom stereocenters. The summed E-state index contributed by atoms with van der Waals surface area (Å²) in [7, 11) is 1.94. The van der Waals surface area contributed by atoms with Gasteiger partial charge in [0, 0.05) is 20.1 Å². The summed E-state index contributed by atoms with van der Waals surface area (Å²) in [6.45, 7) is 6.87. The molecule has 6 nitrogen and oxygen atoms in total. The summed E-state index contributed by atoms with van der Waals surface area (Å²) in [6, 6.07) is 0. The summed E-state index contributed by atoms with van der Waals surface area (Å²) in [5, 5.41) is 14.7. The predicted molar refractivity (Wildman–Crippen MR) is 105 cm³/mol. The van der Waals surface area contributed by atoms with Crippen LogP contribution in [0.4, 0.5) is 0 Å². The Labute approximate surface area is 157 Å². The van der Waals surface area contributed by atoms with E-state index in [0.717, 1.165) is 36.7 Å². The van der Waals surface area contributed by atoms with E-state index >= 15 is 0 Å². The van der Waals surface area contributed by atoms with Crippen LogP contribution in [0.5, 0.6) is 0 Å². The Morgan fingerprint density at radius 3 is 2.87 bits per heavy atom. The summed E-state index contributed by atoms with van der Waals surface area (Å²) < 4.78 is 1.90. The SMILES string of the molecule is CCNC(=NCc1nncn1C)NCCC1CCCC(C)C1.I. The number of nitrogens with zero attached hydrogens (tertiary/aromatic N) is 4. The van der Waals surface area contributed by atoms with Gasteiger partial charge >= 0.3 is 0 Å². The smallest absolute Gasteiger partial charge is 0.191 e. The molecule has 0 radical (unpaired) electrons. The predicted octanol–water partition coefficient (Wildman–Crippen LogP) is 2.70. The highest BCUT2D eigenvalue weighted by atomic mass is 127. The van der Waals surface area contributed by atoms with Crippen molar-refractivity contribution in [2.24, 2.45) is 23.9 Å². The number of aromatic nitrogens is 3. The number of hydrogen-bond acceptors (Lipinski definition) is 3. The van der Waals surface area contributed by atoms with Gasteiger partial charge in [-0.15, -0.1) is 34.2 Å². The number of halogens is 1. The third-order valence-corrected chi connectivity index (χ3v) is 4.42. The molecule has 0 amide bonds. The van der Waals surface area contributed by atoms with E-state index in [4.69, 9.17) is 0 Å². The van der Waals surface area contributed by atoms with Crippen LogP contribution in [0.15, 0.2) is 11.3 Å². The fourth-order valence-electron chi connectivity index (χ4n) is 3.16. The molecule has 0 aromatic carbocycles. The summed E-state index contributed by atoms with van der Waals surface area (Å²) >= 11 is 0. The Kier molecular flexibility index (Phi) is 9.50. The van der Waals surface area contributed by atoms with E-state index in [9.17, 15) is 0 Å². The molecule has 1 saturated carbocycles. The fraction of sp³-hybridized carbons (Fsp3) is 0.812. The van der Waals surface area contributed by atoms with Crippen molar-refractivity contribution in [3.8, 4) is 0 Å². The molecule has 0 spiro atoms. The second kappa shape index (κ2) is 10.8. The Bertz CT molecular complexity index is 473. The molecule has 0 bridgehead atoms. The molecule has 1 aromatic rings. The molecule has 132 valence electrons. The minimum atomic E-state index is 0. The molecule has 2 atom stereocenters. The highest BCUT2D eigenvalue weighted by Crippen LogP contribution is 2.30. The van der Waals surface area contributed by atoms with Gasteiger partial charge in [0.2, 0.25) is 0 Å². The van der Waals surface area contributed by atoms with Gasteiger partial charge in [0.15, 0.2) is 11.8 Å². The summed E-state index contributed by atoms with van der Waals surface area (Å²) in [6.07, 6.45) is 8.51. The molecule has 7 heteroatoms. The van der Waals surface area contributed by atoms with Crippen LogP contribution in [0.1, 0.15) is 51.8 Å². The van der Waals surface area contributed by atoms with Crippen molar-refractivity contribution in [2.75, 3.05) is 13.1 Å². The quantitative estimate of drug-likeness (QED) is 0.411. The maximum atomic E-state index is 4.59. The normalized spacial score (nSPS) is 21.6. The lowest BCUT2D eigenvalue weighted by Gasteiger charge is -2.26. The van der Waals surface area contributed by atoms with Gasteiger partial charge in [0.25, 0.3) is 0 Å². The zero-order valence-electron chi connectivity index (χ0n) is 14.6. The fourth-order valence-corrected chi connectivity index (χ4v) is 3.16. The van der Waals surface area contributed by atoms with E-state index in [-0.39, 0.29) is 24.0 Å². The van der Waals surface area contributed by atoms with Crippen LogP contribution in [-0.2, 0) is 13.6 Å². The molecule has 0 saturated heterocycles. The first kappa shape index (κ1) is 20.2. The molecule has 23 heavy (non-hydrogen) atoms. The van der Waals surface area contributed by atoms with E-state index in [2.05, 4.69) is 39.7 Å². The zero-order valence-corrected chi connectivity index (χ0v) is 16.9. The molecule has 1 aromatic heterocycles. The topological polar surface area (TPSA) is 67.1 Å². The average molecular weight is 434 g/mol. The highest BCUT2D eigenvalue weighted by Gasteiger charge is 2.18. The average Bonchev–Trinajstić information content (AvgIpc) is 2.90. The van der Waals surface area contributed by atoms with E-state index in [1.165, 1.54) is 32.1 Å². The second-order valence-electron chi connectivity index (χ2n) is 6.41. The Balaban J connectivity index is 0.00000264. The first-order valence-corrected chi connectivity index (χ1v) is 8.54. The lowest BCUT2D eigenvalue weighted by molar-refractivity contribution is 0.270. The first-order valence-electron chi connectivity index (χ1n) is 8.54. The Morgan fingerprint density at radius 1 is 1.39 bits per heavy atom. The summed E-state index contributed by atoms with van der Waals surface area (Å²) in [5.41, 5.74) is 0. The number of guanidine groups is 1. The van der Waals surface area contributed by atoms with Gasteiger partial charge in [-0.05, 0) is 31.6 Å². The number of hydrogen-bond donors (Lipinski definition) is 2. The molecular formula is C16H31IN6. The summed E-state index contributed by atoms with van der Waals surface area (Å²) in [4.78, 5) is 4.59. The molecule has 1 fully saturated rings. The van der Waals surface area contributed by atoms with E-state index in [1.807, 2.05) is 11.6 Å². The van der Waals surface area contributed by atoms with Crippen LogP contribution in [0.3, 0.4) is 0 Å². The van der Waals surface area contributed by atoms with Gasteiger partial charge in [-0.3, -0.25) is 0 Å². The minimum absolute atomic E-state index is 0. The van der Waals surface area contributed by atoms with Crippen molar-refractivity contribution in [1.29, 1.82) is 0 Å². The van der Waals surface area contributed by atoms with Crippen molar-refractivity contribution >= 4 is 29.9 Å². The van der Waals surface area contributed by atoms with E-state index in [0.29, 0.717) is 6.54 Å². The van der Waals surface area contributed by atoms with Gasteiger partial charge in [-0.25, -0.2) is 4.99 Å². The van der Waals surface area contributed by atoms with Crippen LogP contribution in [0.2, 0.25) is 0 Å². The molecule has 2 N–H and O–H groups in total. The number of aliphatic imine (C=N–C) groups is 1. The van der Waals surface area contributed by atoms with Crippen molar-refractivity contribution < 1.29 is 0 Å². The van der Waals surface area contributed by atoms with Gasteiger partial charge in [0.05, 0.1) is 0 Å². The number of aryl methyl sites for hydroxylation is 1. The lowest BCUT2D eigenvalue weighted by atomic mass is 9.81. The Morgan fingerprint density at radius 2 is 2.22 bits per heavy atom. The van der Waals surface area contributed by atoms with Gasteiger partial charge in [0.1, 0.15) is 12.9 Å². The first-order chi connectivity index (χ1) is 10.7. The molecule has 2 rings (SSSR count). The van der Waals surface area contributed by atoms with Gasteiger partial charge in [-0.2, -0.15) is 0 Å². The maximum absolute atomic E-state index is 4.59. The van der Waals surface area contributed by atoms with Crippen molar-refractivity contribution in [2.45, 2.75) is 52.5 Å². The van der Waals surface area contributed by atoms with E-state index < -0.39 is 0 Å². The van der Waals surface area contributed by atoms with Gasteiger partial charge in [-0.1, -0.05) is 26.2 Å². The monoisotopic (exact) mass is 434 g/mol. The van der Waals surface area contributed by atoms with Crippen LogP contribution in [0, 0.1) is 11.8 Å². The standard InChI is InChI=1S/C16H30N6.HI/c1-4-17-16(19-11-15-21-20-12-22(15)3)18-9-8-14-7-5-6-13(2)10-14;/h12-14H,4-11H2,1-3H3,(H2,17,18,19);1H. The molecule has 1 heterocycles. The molecule has 0 aliphatic heterocycles. The largest absolute Gasteiger partial charge is 0.357 e. The van der Waals surface area contributed by atoms with Crippen molar-refractivity contribution in [3.63, 3.8) is 0 Å². The third kappa shape index (κ3) is 7.05. The number of nitrogens with one attached hydrogen (secondary N) is 2. The highest BCUT2D eigenvalue weighted by molar-refractivity contribution is 14.0. The minimum Gasteiger partial charge on any atom is -0.357 e. The van der Waals surface area contributed by atoms with Gasteiger partial charge < -0.3 is 15.2 Å². The van der Waals surface area contributed by atoms with Crippen molar-refractivity contribution in [3.05, 3.63) is 12.2 Å². The van der Waals surface area contributed by atoms with E-state index in [1.54, 1.807) is 6.33 Å². The molecule has 1 aliphatic carbocycles. The van der Waals surface area contributed by atoms with Crippen LogP contribution in [0.25, 0.3) is 0 Å². The second-order valence-corrected chi connectivity index (χ2v) is 6.41. The van der Waals surface area contributed by atoms with Crippen LogP contribution >= 0.6 is 24.0 Å². The lowest BCUT2D eigenvalue weighted by Crippen LogP contribution is -2.38. The number of rotatable bonds is 6. The maximum Gasteiger partial charge on any atom is 0.191 e. The third-order valence-electron chi connectivity index (χ3n) is 4.42. The molecular weight excluding hydrogens is 403 g/mol. The summed E-state index contributed by atoms with van der Waals surface area (Å²) in [5.74, 6) is 3.52. The molecule has 1 aliphatic rings. The van der Waals surface area contributed by atoms with Crippen molar-refractivity contribution in [1.82, 2.24) is 25.4 Å².